The van der Waals surface area contributed by atoms with Gasteiger partial charge in [0.05, 0.1) is 34.3 Å². The first-order chi connectivity index (χ1) is 14.1. The molecule has 0 spiro atoms. The lowest BCUT2D eigenvalue weighted by Crippen LogP contribution is -2.36. The number of ketones is 1. The summed E-state index contributed by atoms with van der Waals surface area (Å²) in [7, 11) is 5.34. The summed E-state index contributed by atoms with van der Waals surface area (Å²) in [5.41, 5.74) is 1.27. The Kier molecular flexibility index (Phi) is 6.64. The molecule has 0 fully saturated rings. The van der Waals surface area contributed by atoms with Crippen molar-refractivity contribution in [3.63, 3.8) is 0 Å². The third-order valence-electron chi connectivity index (χ3n) is 4.93. The van der Waals surface area contributed by atoms with Crippen LogP contribution in [0.25, 0.3) is 0 Å². The second kappa shape index (κ2) is 8.87. The topological polar surface area (TPSA) is 83.0 Å². The van der Waals surface area contributed by atoms with Crippen LogP contribution >= 0.6 is 27.3 Å². The van der Waals surface area contributed by atoms with Crippen molar-refractivity contribution in [3.05, 3.63) is 55.1 Å². The van der Waals surface area contributed by atoms with Gasteiger partial charge in [0.1, 0.15) is 5.75 Å². The number of halogens is 1. The Morgan fingerprint density at radius 2 is 2.07 bits per heavy atom. The molecule has 1 aromatic carbocycles. The molecule has 1 amide bonds. The molecule has 1 atom stereocenters. The Morgan fingerprint density at radius 1 is 1.37 bits per heavy atom. The van der Waals surface area contributed by atoms with E-state index in [2.05, 4.69) is 20.9 Å². The van der Waals surface area contributed by atoms with Gasteiger partial charge in [-0.2, -0.15) is 0 Å². The molecule has 1 aliphatic rings. The van der Waals surface area contributed by atoms with Crippen LogP contribution in [0, 0.1) is 13.8 Å². The third kappa shape index (κ3) is 4.14. The summed E-state index contributed by atoms with van der Waals surface area (Å²) in [6, 6.07) is 4.65. The summed E-state index contributed by atoms with van der Waals surface area (Å²) in [5, 5.41) is 11.5. The molecule has 0 saturated carbocycles. The van der Waals surface area contributed by atoms with Gasteiger partial charge in [-0.3, -0.25) is 9.59 Å². The van der Waals surface area contributed by atoms with Gasteiger partial charge < -0.3 is 19.6 Å². The minimum Gasteiger partial charge on any atom is -0.503 e. The summed E-state index contributed by atoms with van der Waals surface area (Å²) >= 11 is 4.72. The predicted molar refractivity (Wildman–Crippen MR) is 119 cm³/mol. The van der Waals surface area contributed by atoms with Crippen LogP contribution in [0.4, 0.5) is 0 Å². The lowest BCUT2D eigenvalue weighted by Gasteiger charge is -2.29. The quantitative estimate of drug-likeness (QED) is 0.592. The number of rotatable bonds is 7. The number of amides is 1. The summed E-state index contributed by atoms with van der Waals surface area (Å²) in [6.07, 6.45) is 0. The van der Waals surface area contributed by atoms with E-state index in [0.717, 1.165) is 9.48 Å². The first-order valence-corrected chi connectivity index (χ1v) is 11.0. The summed E-state index contributed by atoms with van der Waals surface area (Å²) in [5.74, 6) is -0.936. The van der Waals surface area contributed by atoms with E-state index in [9.17, 15) is 14.7 Å². The minimum atomic E-state index is -0.765. The van der Waals surface area contributed by atoms with Gasteiger partial charge in [-0.05, 0) is 46.1 Å². The standard InChI is InChI=1S/C21H24BrN3O4S/c1-11-20(30-12(2)23-11)18(26)16-17(14-10-13(22)6-7-15(14)29-5)25(9-8-24(3)4)21(28)19(16)27/h6-7,10,17,27H,8-9H2,1-5H3. The van der Waals surface area contributed by atoms with E-state index in [4.69, 9.17) is 4.74 Å². The fourth-order valence-electron chi connectivity index (χ4n) is 3.53. The second-order valence-electron chi connectivity index (χ2n) is 7.33. The second-order valence-corrected chi connectivity index (χ2v) is 9.45. The van der Waals surface area contributed by atoms with Crippen molar-refractivity contribution in [1.82, 2.24) is 14.8 Å². The van der Waals surface area contributed by atoms with Crippen LogP contribution in [-0.4, -0.2) is 65.9 Å². The average molecular weight is 494 g/mol. The van der Waals surface area contributed by atoms with Crippen molar-refractivity contribution in [2.24, 2.45) is 0 Å². The van der Waals surface area contributed by atoms with E-state index in [-0.39, 0.29) is 11.4 Å². The summed E-state index contributed by atoms with van der Waals surface area (Å²) < 4.78 is 6.30. The first kappa shape index (κ1) is 22.5. The molecular weight excluding hydrogens is 470 g/mol. The van der Waals surface area contributed by atoms with Gasteiger partial charge in [-0.1, -0.05) is 15.9 Å². The van der Waals surface area contributed by atoms with Gasteiger partial charge in [0.15, 0.2) is 5.76 Å². The molecule has 0 bridgehead atoms. The highest BCUT2D eigenvalue weighted by Gasteiger charge is 2.45. The molecule has 1 aliphatic heterocycles. The Morgan fingerprint density at radius 3 is 2.63 bits per heavy atom. The smallest absolute Gasteiger partial charge is 0.290 e. The predicted octanol–water partition coefficient (Wildman–Crippen LogP) is 3.67. The molecule has 9 heteroatoms. The van der Waals surface area contributed by atoms with E-state index in [1.807, 2.05) is 38.1 Å². The SMILES string of the molecule is COc1ccc(Br)cc1C1C(C(=O)c2sc(C)nc2C)=C(O)C(=O)N1CCN(C)C. The van der Waals surface area contributed by atoms with Crippen molar-refractivity contribution >= 4 is 39.0 Å². The van der Waals surface area contributed by atoms with E-state index in [0.29, 0.717) is 35.0 Å². The number of aromatic nitrogens is 1. The van der Waals surface area contributed by atoms with Crippen molar-refractivity contribution in [2.45, 2.75) is 19.9 Å². The van der Waals surface area contributed by atoms with E-state index >= 15 is 0 Å². The Labute approximate surface area is 188 Å². The zero-order chi connectivity index (χ0) is 22.2. The van der Waals surface area contributed by atoms with E-state index in [1.54, 1.807) is 13.0 Å². The van der Waals surface area contributed by atoms with Crippen molar-refractivity contribution < 1.29 is 19.4 Å². The van der Waals surface area contributed by atoms with Crippen LogP contribution in [0.1, 0.15) is 32.0 Å². The number of likely N-dealkylation sites (N-methyl/N-ethyl adjacent to an activating group) is 1. The Hall–Kier alpha value is -2.23. The zero-order valence-electron chi connectivity index (χ0n) is 17.5. The average Bonchev–Trinajstić information content (AvgIpc) is 3.15. The first-order valence-electron chi connectivity index (χ1n) is 9.36. The normalized spacial score (nSPS) is 16.7. The number of ether oxygens (including phenoxy) is 1. The molecule has 0 radical (unpaired) electrons. The van der Waals surface area contributed by atoms with Crippen LogP contribution in [0.5, 0.6) is 5.75 Å². The highest BCUT2D eigenvalue weighted by Crippen LogP contribution is 2.43. The molecule has 0 aliphatic carbocycles. The van der Waals surface area contributed by atoms with Gasteiger partial charge in [-0.15, -0.1) is 11.3 Å². The number of benzene rings is 1. The fourth-order valence-corrected chi connectivity index (χ4v) is 4.78. The number of carbonyl (C=O) groups excluding carboxylic acids is 2. The van der Waals surface area contributed by atoms with Gasteiger partial charge >= 0.3 is 0 Å². The molecule has 7 nitrogen and oxygen atoms in total. The summed E-state index contributed by atoms with van der Waals surface area (Å²) in [6.45, 7) is 4.49. The van der Waals surface area contributed by atoms with E-state index in [1.165, 1.54) is 23.3 Å². The number of nitrogens with zero attached hydrogens (tertiary/aromatic N) is 3. The maximum atomic E-state index is 13.5. The number of carbonyl (C=O) groups is 2. The van der Waals surface area contributed by atoms with Crippen molar-refractivity contribution in [3.8, 4) is 5.75 Å². The molecule has 2 heterocycles. The number of methoxy groups -OCH3 is 1. The largest absolute Gasteiger partial charge is 0.503 e. The molecule has 1 N–H and O–H groups in total. The molecule has 1 aromatic heterocycles. The fraction of sp³-hybridized carbons (Fsp3) is 0.381. The maximum Gasteiger partial charge on any atom is 0.290 e. The Balaban J connectivity index is 2.17. The third-order valence-corrected chi connectivity index (χ3v) is 6.50. The molecular formula is C21H24BrN3O4S. The number of aliphatic hydroxyl groups excluding tert-OH is 1. The Bertz CT molecular complexity index is 1030. The highest BCUT2D eigenvalue weighted by molar-refractivity contribution is 9.10. The van der Waals surface area contributed by atoms with Crippen molar-refractivity contribution in [1.29, 1.82) is 0 Å². The molecule has 30 heavy (non-hydrogen) atoms. The summed E-state index contributed by atoms with van der Waals surface area (Å²) in [4.78, 5) is 34.7. The lowest BCUT2D eigenvalue weighted by atomic mass is 9.94. The van der Waals surface area contributed by atoms with Crippen LogP contribution in [0.3, 0.4) is 0 Å². The number of aryl methyl sites for hydroxylation is 2. The lowest BCUT2D eigenvalue weighted by molar-refractivity contribution is -0.129. The van der Waals surface area contributed by atoms with Gasteiger partial charge in [0.2, 0.25) is 5.78 Å². The number of hydrogen-bond acceptors (Lipinski definition) is 7. The van der Waals surface area contributed by atoms with Crippen molar-refractivity contribution in [2.75, 3.05) is 34.3 Å². The van der Waals surface area contributed by atoms with Gasteiger partial charge in [0.25, 0.3) is 5.91 Å². The zero-order valence-corrected chi connectivity index (χ0v) is 19.9. The van der Waals surface area contributed by atoms with Crippen LogP contribution in [0.2, 0.25) is 0 Å². The minimum absolute atomic E-state index is 0.0573. The molecule has 2 aromatic rings. The monoisotopic (exact) mass is 493 g/mol. The van der Waals surface area contributed by atoms with Crippen LogP contribution in [0.15, 0.2) is 34.0 Å². The maximum absolute atomic E-state index is 13.5. The van der Waals surface area contributed by atoms with Crippen LogP contribution < -0.4 is 4.74 Å². The molecule has 1 unspecified atom stereocenters. The van der Waals surface area contributed by atoms with Gasteiger partial charge in [0, 0.05) is 23.1 Å². The van der Waals surface area contributed by atoms with E-state index < -0.39 is 17.7 Å². The van der Waals surface area contributed by atoms with Gasteiger partial charge in [-0.25, -0.2) is 4.98 Å². The number of thiazole rings is 1. The molecule has 0 saturated heterocycles. The number of Topliss-reactive ketones (excluding diaryl/α,β-unsaturated/α-hetero) is 1. The highest BCUT2D eigenvalue weighted by atomic mass is 79.9. The van der Waals surface area contributed by atoms with Crippen LogP contribution in [-0.2, 0) is 4.79 Å². The number of aliphatic hydroxyl groups is 1. The number of hydrogen-bond donors (Lipinski definition) is 1. The molecule has 160 valence electrons. The molecule has 3 rings (SSSR count).